The molecule has 4 heteroatoms. The molecule has 1 atom stereocenters. The molecule has 2 aromatic carbocycles. The van der Waals surface area contributed by atoms with Gasteiger partial charge < -0.3 is 14.8 Å². The summed E-state index contributed by atoms with van der Waals surface area (Å²) in [6.45, 7) is 0. The number of rotatable bonds is 0. The van der Waals surface area contributed by atoms with Gasteiger partial charge in [-0.2, -0.15) is 0 Å². The Balaban J connectivity index is 1.81. The number of fused-ring (bicyclic) bond motifs is 3. The maximum atomic E-state index is 12.5. The number of Topliss-reactive ketones (excluding diaryl/α,β-unsaturated/α-hetero) is 1. The summed E-state index contributed by atoms with van der Waals surface area (Å²) in [7, 11) is 0. The molecule has 2 aliphatic rings. The zero-order valence-corrected chi connectivity index (χ0v) is 10.5. The highest BCUT2D eigenvalue weighted by molar-refractivity contribution is 6.12. The van der Waals surface area contributed by atoms with Crippen molar-refractivity contribution in [1.82, 2.24) is 0 Å². The van der Waals surface area contributed by atoms with Crippen LogP contribution in [0, 0.1) is 0 Å². The van der Waals surface area contributed by atoms with Gasteiger partial charge in [0.25, 0.3) is 6.29 Å². The average Bonchev–Trinajstić information content (AvgIpc) is 2.66. The van der Waals surface area contributed by atoms with E-state index in [-0.39, 0.29) is 5.78 Å². The number of benzene rings is 2. The molecule has 4 rings (SSSR count). The molecule has 20 heavy (non-hydrogen) atoms. The summed E-state index contributed by atoms with van der Waals surface area (Å²) in [5.41, 5.74) is 1.85. The molecule has 0 fully saturated rings. The number of para-hydroxylation sites is 3. The zero-order valence-electron chi connectivity index (χ0n) is 10.5. The largest absolute Gasteiger partial charge is 0.450 e. The van der Waals surface area contributed by atoms with E-state index in [0.717, 1.165) is 5.69 Å². The van der Waals surface area contributed by atoms with Gasteiger partial charge in [0.1, 0.15) is 11.5 Å². The molecule has 0 bridgehead atoms. The molecular formula is C16H11NO3. The third-order valence-corrected chi connectivity index (χ3v) is 3.39. The predicted octanol–water partition coefficient (Wildman–Crippen LogP) is 2.98. The lowest BCUT2D eigenvalue weighted by molar-refractivity contribution is 0.0290. The molecule has 0 unspecified atom stereocenters. The average molecular weight is 265 g/mol. The van der Waals surface area contributed by atoms with Crippen LogP contribution in [-0.4, -0.2) is 12.1 Å². The van der Waals surface area contributed by atoms with Crippen molar-refractivity contribution in [3.63, 3.8) is 0 Å². The zero-order chi connectivity index (χ0) is 13.5. The second kappa shape index (κ2) is 4.13. The number of hydrogen-bond donors (Lipinski definition) is 1. The summed E-state index contributed by atoms with van der Waals surface area (Å²) in [5, 5.41) is 3.10. The molecular weight excluding hydrogens is 254 g/mol. The molecule has 98 valence electrons. The third-order valence-electron chi connectivity index (χ3n) is 3.39. The van der Waals surface area contributed by atoms with Crippen LogP contribution in [0.2, 0.25) is 0 Å². The maximum Gasteiger partial charge on any atom is 0.272 e. The molecule has 0 spiro atoms. The van der Waals surface area contributed by atoms with Gasteiger partial charge in [-0.15, -0.1) is 0 Å². The van der Waals surface area contributed by atoms with Crippen LogP contribution in [-0.2, 0) is 0 Å². The van der Waals surface area contributed by atoms with Gasteiger partial charge in [0.05, 0.1) is 16.8 Å². The number of nitrogens with one attached hydrogen (secondary N) is 1. The van der Waals surface area contributed by atoms with E-state index in [0.29, 0.717) is 22.6 Å². The molecule has 2 aliphatic heterocycles. The SMILES string of the molecule is O=C1C2=CNc3ccccc3O[C@H]2Oc2ccccc21. The van der Waals surface area contributed by atoms with Crippen molar-refractivity contribution in [1.29, 1.82) is 0 Å². The monoisotopic (exact) mass is 265 g/mol. The molecule has 4 nitrogen and oxygen atoms in total. The number of ketones is 1. The smallest absolute Gasteiger partial charge is 0.272 e. The first-order chi connectivity index (χ1) is 9.83. The van der Waals surface area contributed by atoms with Crippen LogP contribution in [0.4, 0.5) is 5.69 Å². The Morgan fingerprint density at radius 2 is 1.60 bits per heavy atom. The molecule has 0 saturated heterocycles. The molecule has 0 aromatic heterocycles. The second-order valence-electron chi connectivity index (χ2n) is 4.63. The Morgan fingerprint density at radius 1 is 0.900 bits per heavy atom. The number of carbonyl (C=O) groups is 1. The van der Waals surface area contributed by atoms with Crippen molar-refractivity contribution in [2.75, 3.05) is 5.32 Å². The normalized spacial score (nSPS) is 19.1. The Morgan fingerprint density at radius 3 is 2.50 bits per heavy atom. The highest BCUT2D eigenvalue weighted by atomic mass is 16.7. The third kappa shape index (κ3) is 1.58. The lowest BCUT2D eigenvalue weighted by Crippen LogP contribution is -2.34. The molecule has 2 heterocycles. The van der Waals surface area contributed by atoms with E-state index in [9.17, 15) is 4.79 Å². The molecule has 0 aliphatic carbocycles. The molecule has 0 saturated carbocycles. The van der Waals surface area contributed by atoms with Gasteiger partial charge >= 0.3 is 0 Å². The fraction of sp³-hybridized carbons (Fsp3) is 0.0625. The fourth-order valence-electron chi connectivity index (χ4n) is 2.38. The summed E-state index contributed by atoms with van der Waals surface area (Å²) in [6.07, 6.45) is 0.947. The van der Waals surface area contributed by atoms with Crippen molar-refractivity contribution in [3.8, 4) is 11.5 Å². The Kier molecular flexibility index (Phi) is 2.29. The number of hydrogen-bond acceptors (Lipinski definition) is 4. The van der Waals surface area contributed by atoms with E-state index in [2.05, 4.69) is 5.32 Å². The van der Waals surface area contributed by atoms with Crippen molar-refractivity contribution < 1.29 is 14.3 Å². The van der Waals surface area contributed by atoms with Gasteiger partial charge in [-0.3, -0.25) is 4.79 Å². The van der Waals surface area contributed by atoms with Crippen LogP contribution in [0.5, 0.6) is 11.5 Å². The van der Waals surface area contributed by atoms with E-state index >= 15 is 0 Å². The van der Waals surface area contributed by atoms with Crippen LogP contribution < -0.4 is 14.8 Å². The highest BCUT2D eigenvalue weighted by Crippen LogP contribution is 2.35. The van der Waals surface area contributed by atoms with Crippen LogP contribution in [0.15, 0.2) is 60.3 Å². The van der Waals surface area contributed by atoms with Crippen molar-refractivity contribution >= 4 is 11.5 Å². The predicted molar refractivity (Wildman–Crippen MR) is 74.0 cm³/mol. The summed E-state index contributed by atoms with van der Waals surface area (Å²) in [5.74, 6) is 1.15. The van der Waals surface area contributed by atoms with Gasteiger partial charge in [0.2, 0.25) is 5.78 Å². The van der Waals surface area contributed by atoms with E-state index in [1.807, 2.05) is 36.4 Å². The topological polar surface area (TPSA) is 47.6 Å². The summed E-state index contributed by atoms with van der Waals surface area (Å²) in [6, 6.07) is 14.7. The van der Waals surface area contributed by atoms with Gasteiger partial charge in [0, 0.05) is 6.20 Å². The number of ether oxygens (including phenoxy) is 2. The van der Waals surface area contributed by atoms with Crippen molar-refractivity contribution in [2.24, 2.45) is 0 Å². The first-order valence-electron chi connectivity index (χ1n) is 6.35. The van der Waals surface area contributed by atoms with Crippen LogP contribution in [0.1, 0.15) is 10.4 Å². The van der Waals surface area contributed by atoms with E-state index in [1.165, 1.54) is 0 Å². The van der Waals surface area contributed by atoms with Gasteiger partial charge in [-0.25, -0.2) is 0 Å². The van der Waals surface area contributed by atoms with Crippen LogP contribution >= 0.6 is 0 Å². The van der Waals surface area contributed by atoms with Gasteiger partial charge in [-0.1, -0.05) is 24.3 Å². The standard InChI is InChI=1S/C16H11NO3/c18-15-10-5-1-3-7-13(10)19-16-11(15)9-17-12-6-2-4-8-14(12)20-16/h1-9,16-17H/t16-/m1/s1. The van der Waals surface area contributed by atoms with Crippen molar-refractivity contribution in [2.45, 2.75) is 6.29 Å². The summed E-state index contributed by atoms with van der Waals surface area (Å²) < 4.78 is 11.6. The minimum atomic E-state index is -0.714. The maximum absolute atomic E-state index is 12.5. The fourth-order valence-corrected chi connectivity index (χ4v) is 2.38. The lowest BCUT2D eigenvalue weighted by atomic mass is 10.00. The van der Waals surface area contributed by atoms with Crippen molar-refractivity contribution in [3.05, 3.63) is 65.9 Å². The van der Waals surface area contributed by atoms with Gasteiger partial charge in [0.15, 0.2) is 0 Å². The first kappa shape index (κ1) is 11.1. The summed E-state index contributed by atoms with van der Waals surface area (Å²) in [4.78, 5) is 12.5. The minimum Gasteiger partial charge on any atom is -0.450 e. The molecule has 0 amide bonds. The number of carbonyl (C=O) groups excluding carboxylic acids is 1. The highest BCUT2D eigenvalue weighted by Gasteiger charge is 2.34. The molecule has 1 N–H and O–H groups in total. The van der Waals surface area contributed by atoms with E-state index in [4.69, 9.17) is 9.47 Å². The Labute approximate surface area is 115 Å². The molecule has 0 radical (unpaired) electrons. The van der Waals surface area contributed by atoms with Crippen LogP contribution in [0.25, 0.3) is 0 Å². The quantitative estimate of drug-likeness (QED) is 0.795. The lowest BCUT2D eigenvalue weighted by Gasteiger charge is -2.26. The molecule has 2 aromatic rings. The van der Waals surface area contributed by atoms with Crippen LogP contribution in [0.3, 0.4) is 0 Å². The van der Waals surface area contributed by atoms with Gasteiger partial charge in [-0.05, 0) is 24.3 Å². The minimum absolute atomic E-state index is 0.0721. The summed E-state index contributed by atoms with van der Waals surface area (Å²) >= 11 is 0. The Bertz CT molecular complexity index is 736. The first-order valence-corrected chi connectivity index (χ1v) is 6.35. The van der Waals surface area contributed by atoms with E-state index in [1.54, 1.807) is 18.3 Å². The number of anilines is 1. The second-order valence-corrected chi connectivity index (χ2v) is 4.63. The van der Waals surface area contributed by atoms with E-state index < -0.39 is 6.29 Å². The Hall–Kier alpha value is -2.75.